The molecule has 1 aliphatic rings. The predicted molar refractivity (Wildman–Crippen MR) is 99.4 cm³/mol. The molecular weight excluding hydrogens is 314 g/mol. The molecule has 5 nitrogen and oxygen atoms in total. The van der Waals surface area contributed by atoms with Gasteiger partial charge in [0.05, 0.1) is 0 Å². The zero-order valence-electron chi connectivity index (χ0n) is 14.4. The van der Waals surface area contributed by atoms with Gasteiger partial charge in [-0.2, -0.15) is 0 Å². The number of carbonyl (C=O) groups is 2. The number of nitrogens with zero attached hydrogens (tertiary/aromatic N) is 2. The molecule has 0 radical (unpaired) electrons. The van der Waals surface area contributed by atoms with E-state index in [9.17, 15) is 9.59 Å². The van der Waals surface area contributed by atoms with Crippen molar-refractivity contribution in [2.24, 2.45) is 5.92 Å². The summed E-state index contributed by atoms with van der Waals surface area (Å²) in [5, 5.41) is 0. The van der Waals surface area contributed by atoms with E-state index in [1.807, 2.05) is 30.3 Å². The third kappa shape index (κ3) is 3.82. The molecule has 2 amide bonds. The molecule has 0 spiro atoms. The molecule has 130 valence electrons. The summed E-state index contributed by atoms with van der Waals surface area (Å²) >= 11 is 0. The largest absolute Gasteiger partial charge is 0.399 e. The lowest BCUT2D eigenvalue weighted by atomic mass is 10.0. The summed E-state index contributed by atoms with van der Waals surface area (Å²) in [6, 6.07) is 16.2. The van der Waals surface area contributed by atoms with Crippen LogP contribution in [0.2, 0.25) is 0 Å². The third-order valence-corrected chi connectivity index (χ3v) is 4.50. The van der Waals surface area contributed by atoms with E-state index in [-0.39, 0.29) is 0 Å². The number of para-hydroxylation sites is 1. The van der Waals surface area contributed by atoms with Crippen molar-refractivity contribution >= 4 is 28.9 Å². The van der Waals surface area contributed by atoms with Crippen LogP contribution in [0.5, 0.6) is 0 Å². The molecule has 3 rings (SSSR count). The van der Waals surface area contributed by atoms with Crippen LogP contribution in [0.25, 0.3) is 0 Å². The Morgan fingerprint density at radius 1 is 1.04 bits per heavy atom. The first-order valence-corrected chi connectivity index (χ1v) is 8.60. The highest BCUT2D eigenvalue weighted by Crippen LogP contribution is 2.27. The first kappa shape index (κ1) is 17.0. The fourth-order valence-electron chi connectivity index (χ4n) is 3.19. The van der Waals surface area contributed by atoms with Crippen LogP contribution in [0.1, 0.15) is 19.8 Å². The quantitative estimate of drug-likeness (QED) is 0.676. The lowest BCUT2D eigenvalue weighted by molar-refractivity contribution is -0.145. The second kappa shape index (κ2) is 7.38. The summed E-state index contributed by atoms with van der Waals surface area (Å²) in [5.74, 6) is -0.565. The smallest absolute Gasteiger partial charge is 0.321 e. The molecule has 2 N–H and O–H groups in total. The molecule has 0 aromatic heterocycles. The van der Waals surface area contributed by atoms with Gasteiger partial charge in [0.25, 0.3) is 0 Å². The van der Waals surface area contributed by atoms with Gasteiger partial charge in [0.1, 0.15) is 0 Å². The minimum absolute atomic E-state index is 0.423. The van der Waals surface area contributed by atoms with Crippen LogP contribution < -0.4 is 10.6 Å². The minimum atomic E-state index is -0.537. The van der Waals surface area contributed by atoms with Crippen LogP contribution in [-0.2, 0) is 9.59 Å². The fraction of sp³-hybridized carbons (Fsp3) is 0.300. The molecular formula is C20H23N3O2. The maximum absolute atomic E-state index is 13.0. The highest BCUT2D eigenvalue weighted by Gasteiger charge is 2.31. The highest BCUT2D eigenvalue weighted by atomic mass is 16.2. The van der Waals surface area contributed by atoms with E-state index in [1.165, 1.54) is 4.90 Å². The molecule has 0 saturated carbocycles. The van der Waals surface area contributed by atoms with Crippen molar-refractivity contribution in [2.75, 3.05) is 23.7 Å². The number of likely N-dealkylation sites (tertiary alicyclic amines) is 1. The Kier molecular flexibility index (Phi) is 5.03. The standard InChI is InChI=1S/C20H23N3O2/c1-15-6-5-13-22(14-15)19(24)20(25)23(17-7-3-2-4-8-17)18-11-9-16(21)10-12-18/h2-4,7-12,15H,5-6,13-14,21H2,1H3. The Bertz CT molecular complexity index is 743. The third-order valence-electron chi connectivity index (χ3n) is 4.50. The normalized spacial score (nSPS) is 17.2. The van der Waals surface area contributed by atoms with Crippen LogP contribution in [0.3, 0.4) is 0 Å². The van der Waals surface area contributed by atoms with Crippen molar-refractivity contribution in [3.63, 3.8) is 0 Å². The van der Waals surface area contributed by atoms with E-state index in [0.717, 1.165) is 12.8 Å². The lowest BCUT2D eigenvalue weighted by Crippen LogP contribution is -2.47. The van der Waals surface area contributed by atoms with Crippen LogP contribution in [-0.4, -0.2) is 29.8 Å². The molecule has 1 heterocycles. The number of rotatable bonds is 2. The van der Waals surface area contributed by atoms with Crippen molar-refractivity contribution in [2.45, 2.75) is 19.8 Å². The van der Waals surface area contributed by atoms with Crippen LogP contribution in [0.4, 0.5) is 17.1 Å². The van der Waals surface area contributed by atoms with Gasteiger partial charge in [0, 0.05) is 30.2 Å². The number of carbonyl (C=O) groups excluding carboxylic acids is 2. The van der Waals surface area contributed by atoms with Gasteiger partial charge in [-0.05, 0) is 55.2 Å². The zero-order valence-corrected chi connectivity index (χ0v) is 14.4. The number of benzene rings is 2. The van der Waals surface area contributed by atoms with Crippen molar-refractivity contribution in [1.82, 2.24) is 4.90 Å². The van der Waals surface area contributed by atoms with Gasteiger partial charge in [-0.15, -0.1) is 0 Å². The molecule has 0 aliphatic carbocycles. The zero-order chi connectivity index (χ0) is 17.8. The molecule has 1 saturated heterocycles. The van der Waals surface area contributed by atoms with E-state index in [1.54, 1.807) is 29.2 Å². The van der Waals surface area contributed by atoms with Gasteiger partial charge in [0.2, 0.25) is 0 Å². The van der Waals surface area contributed by atoms with Crippen LogP contribution in [0, 0.1) is 5.92 Å². The molecule has 5 heteroatoms. The summed E-state index contributed by atoms with van der Waals surface area (Å²) in [4.78, 5) is 29.0. The molecule has 0 bridgehead atoms. The van der Waals surface area contributed by atoms with Gasteiger partial charge < -0.3 is 10.6 Å². The summed E-state index contributed by atoms with van der Waals surface area (Å²) < 4.78 is 0. The Hall–Kier alpha value is -2.82. The number of nitrogens with two attached hydrogens (primary N) is 1. The van der Waals surface area contributed by atoms with E-state index >= 15 is 0 Å². The topological polar surface area (TPSA) is 66.6 Å². The van der Waals surface area contributed by atoms with Gasteiger partial charge >= 0.3 is 11.8 Å². The molecule has 2 aromatic rings. The van der Waals surface area contributed by atoms with Gasteiger partial charge in [-0.1, -0.05) is 25.1 Å². The van der Waals surface area contributed by atoms with Gasteiger partial charge in [-0.25, -0.2) is 0 Å². The number of hydrogen-bond acceptors (Lipinski definition) is 3. The highest BCUT2D eigenvalue weighted by molar-refractivity contribution is 6.42. The lowest BCUT2D eigenvalue weighted by Gasteiger charge is -2.32. The Morgan fingerprint density at radius 3 is 2.32 bits per heavy atom. The van der Waals surface area contributed by atoms with Crippen LogP contribution in [0.15, 0.2) is 54.6 Å². The maximum Gasteiger partial charge on any atom is 0.321 e. The average molecular weight is 337 g/mol. The molecule has 1 fully saturated rings. The number of hydrogen-bond donors (Lipinski definition) is 1. The fourth-order valence-corrected chi connectivity index (χ4v) is 3.19. The second-order valence-electron chi connectivity index (χ2n) is 6.57. The molecule has 1 unspecified atom stereocenters. The molecule has 1 atom stereocenters. The predicted octanol–water partition coefficient (Wildman–Crippen LogP) is 3.19. The summed E-state index contributed by atoms with van der Waals surface area (Å²) in [6.45, 7) is 3.38. The monoisotopic (exact) mass is 337 g/mol. The summed E-state index contributed by atoms with van der Waals surface area (Å²) in [6.07, 6.45) is 2.03. The molecule has 25 heavy (non-hydrogen) atoms. The van der Waals surface area contributed by atoms with Crippen molar-refractivity contribution in [3.8, 4) is 0 Å². The minimum Gasteiger partial charge on any atom is -0.399 e. The first-order valence-electron chi connectivity index (χ1n) is 8.60. The van der Waals surface area contributed by atoms with Crippen molar-refractivity contribution in [3.05, 3.63) is 54.6 Å². The number of piperidine rings is 1. The maximum atomic E-state index is 13.0. The SMILES string of the molecule is CC1CCCN(C(=O)C(=O)N(c2ccccc2)c2ccc(N)cc2)C1. The van der Waals surface area contributed by atoms with E-state index in [0.29, 0.717) is 36.1 Å². The molecule has 2 aromatic carbocycles. The number of anilines is 3. The Labute approximate surface area is 148 Å². The van der Waals surface area contributed by atoms with Crippen LogP contribution >= 0.6 is 0 Å². The number of nitrogen functional groups attached to an aromatic ring is 1. The van der Waals surface area contributed by atoms with Gasteiger partial charge in [-0.3, -0.25) is 14.5 Å². The first-order chi connectivity index (χ1) is 12.1. The Balaban J connectivity index is 1.92. The van der Waals surface area contributed by atoms with Gasteiger partial charge in [0.15, 0.2) is 0 Å². The second-order valence-corrected chi connectivity index (χ2v) is 6.57. The number of amides is 2. The van der Waals surface area contributed by atoms with E-state index in [4.69, 9.17) is 5.73 Å². The summed E-state index contributed by atoms with van der Waals surface area (Å²) in [7, 11) is 0. The Morgan fingerprint density at radius 2 is 1.68 bits per heavy atom. The summed E-state index contributed by atoms with van der Waals surface area (Å²) in [5.41, 5.74) is 7.66. The van der Waals surface area contributed by atoms with E-state index in [2.05, 4.69) is 6.92 Å². The average Bonchev–Trinajstić information content (AvgIpc) is 2.64. The van der Waals surface area contributed by atoms with Crippen molar-refractivity contribution in [1.29, 1.82) is 0 Å². The van der Waals surface area contributed by atoms with Crippen molar-refractivity contribution < 1.29 is 9.59 Å². The van der Waals surface area contributed by atoms with E-state index < -0.39 is 11.8 Å². The molecule has 1 aliphatic heterocycles.